The van der Waals surface area contributed by atoms with Gasteiger partial charge in [-0.2, -0.15) is 5.26 Å². The summed E-state index contributed by atoms with van der Waals surface area (Å²) in [6.07, 6.45) is -1.04. The van der Waals surface area contributed by atoms with Crippen LogP contribution in [0.15, 0.2) is 35.5 Å². The van der Waals surface area contributed by atoms with Gasteiger partial charge in [-0.25, -0.2) is 4.79 Å². The first-order valence-corrected chi connectivity index (χ1v) is 7.27. The smallest absolute Gasteiger partial charge is 0.326 e. The zero-order chi connectivity index (χ0) is 18.1. The van der Waals surface area contributed by atoms with Crippen LogP contribution in [0.2, 0.25) is 5.02 Å². The first kappa shape index (κ1) is 19.4. The number of hydrogen-bond acceptors (Lipinski definition) is 6. The molecule has 1 aromatic rings. The number of carbonyl (C=O) groups is 2. The van der Waals surface area contributed by atoms with E-state index in [4.69, 9.17) is 22.0 Å². The molecule has 0 radical (unpaired) electrons. The third-order valence-electron chi connectivity index (χ3n) is 2.88. The zero-order valence-electron chi connectivity index (χ0n) is 12.8. The molecule has 8 nitrogen and oxygen atoms in total. The Labute approximate surface area is 143 Å². The van der Waals surface area contributed by atoms with Crippen molar-refractivity contribution in [3.05, 3.63) is 40.6 Å². The lowest BCUT2D eigenvalue weighted by Gasteiger charge is -2.12. The Morgan fingerprint density at radius 3 is 2.62 bits per heavy atom. The van der Waals surface area contributed by atoms with Crippen LogP contribution in [0, 0.1) is 11.3 Å². The van der Waals surface area contributed by atoms with Gasteiger partial charge in [-0.05, 0) is 19.1 Å². The van der Waals surface area contributed by atoms with Crippen LogP contribution in [-0.2, 0) is 4.79 Å². The molecule has 0 spiro atoms. The molecule has 5 N–H and O–H groups in total. The average molecular weight is 353 g/mol. The summed E-state index contributed by atoms with van der Waals surface area (Å²) in [5.74, 6) is -0.912. The van der Waals surface area contributed by atoms with Crippen molar-refractivity contribution in [3.63, 3.8) is 0 Å². The number of rotatable bonds is 6. The van der Waals surface area contributed by atoms with Crippen LogP contribution < -0.4 is 16.0 Å². The van der Waals surface area contributed by atoms with Gasteiger partial charge in [-0.15, -0.1) is 0 Å². The van der Waals surface area contributed by atoms with Crippen LogP contribution >= 0.6 is 11.6 Å². The quantitative estimate of drug-likeness (QED) is 0.378. The molecule has 9 heteroatoms. The normalized spacial score (nSPS) is 12.5. The fourth-order valence-corrected chi connectivity index (χ4v) is 1.79. The second kappa shape index (κ2) is 9.52. The molecule has 0 aromatic heterocycles. The number of aliphatic hydroxyl groups excluding tert-OH is 2. The molecular formula is C15H17ClN4O4. The maximum absolute atomic E-state index is 12.0. The number of hydrogen-bond donors (Lipinski definition) is 5. The molecule has 0 heterocycles. The van der Waals surface area contributed by atoms with Crippen LogP contribution in [0.4, 0.5) is 10.5 Å². The number of para-hydroxylation sites is 1. The van der Waals surface area contributed by atoms with Gasteiger partial charge in [0.1, 0.15) is 11.6 Å². The minimum absolute atomic E-state index is 0.0490. The highest BCUT2D eigenvalue weighted by molar-refractivity contribution is 6.33. The van der Waals surface area contributed by atoms with Gasteiger partial charge in [0.15, 0.2) is 0 Å². The predicted molar refractivity (Wildman–Crippen MR) is 88.0 cm³/mol. The Morgan fingerprint density at radius 2 is 2.04 bits per heavy atom. The Morgan fingerprint density at radius 1 is 1.38 bits per heavy atom. The van der Waals surface area contributed by atoms with Crippen LogP contribution in [0.25, 0.3) is 0 Å². The SMILES string of the molecule is C/C(NC[C@H](O)CO)=C(\C#N)C(=O)NC(=O)Nc1ccccc1Cl. The summed E-state index contributed by atoms with van der Waals surface area (Å²) in [5.41, 5.74) is 0.148. The summed E-state index contributed by atoms with van der Waals surface area (Å²) < 4.78 is 0. The van der Waals surface area contributed by atoms with Crippen LogP contribution in [0.5, 0.6) is 0 Å². The molecule has 0 fully saturated rings. The third kappa shape index (κ3) is 5.89. The van der Waals surface area contributed by atoms with E-state index in [0.717, 1.165) is 0 Å². The molecule has 0 saturated heterocycles. The number of anilines is 1. The molecule has 1 rings (SSSR count). The van der Waals surface area contributed by atoms with Crippen molar-refractivity contribution in [1.82, 2.24) is 10.6 Å². The molecule has 0 unspecified atom stereocenters. The lowest BCUT2D eigenvalue weighted by atomic mass is 10.2. The summed E-state index contributed by atoms with van der Waals surface area (Å²) in [5, 5.41) is 34.4. The highest BCUT2D eigenvalue weighted by Crippen LogP contribution is 2.20. The first-order chi connectivity index (χ1) is 11.4. The monoisotopic (exact) mass is 352 g/mol. The Bertz CT molecular complexity index is 684. The lowest BCUT2D eigenvalue weighted by Crippen LogP contribution is -2.37. The number of allylic oxidation sites excluding steroid dienone is 1. The van der Waals surface area contributed by atoms with E-state index in [9.17, 15) is 14.7 Å². The number of benzene rings is 1. The van der Waals surface area contributed by atoms with Gasteiger partial charge in [-0.3, -0.25) is 10.1 Å². The van der Waals surface area contributed by atoms with Crippen LogP contribution in [-0.4, -0.2) is 41.4 Å². The highest BCUT2D eigenvalue weighted by atomic mass is 35.5. The molecule has 0 aliphatic heterocycles. The molecule has 128 valence electrons. The maximum atomic E-state index is 12.0. The number of urea groups is 1. The fraction of sp³-hybridized carbons (Fsp3) is 0.267. The summed E-state index contributed by atoms with van der Waals surface area (Å²) in [7, 11) is 0. The van der Waals surface area contributed by atoms with Gasteiger partial charge in [0.25, 0.3) is 5.91 Å². The number of nitrogens with zero attached hydrogens (tertiary/aromatic N) is 1. The van der Waals surface area contributed by atoms with Crippen LogP contribution in [0.1, 0.15) is 6.92 Å². The molecule has 3 amide bonds. The molecule has 1 atom stereocenters. The number of amides is 3. The summed E-state index contributed by atoms with van der Waals surface area (Å²) in [6, 6.07) is 7.30. The van der Waals surface area contributed by atoms with Crippen molar-refractivity contribution in [2.45, 2.75) is 13.0 Å². The standard InChI is InChI=1S/C15H17ClN4O4/c1-9(18-7-10(22)8-21)11(6-17)14(23)20-15(24)19-13-5-3-2-4-12(13)16/h2-5,10,18,21-22H,7-8H2,1H3,(H2,19,20,23,24)/b11-9-/t10-/m0/s1. The molecule has 0 bridgehead atoms. The minimum atomic E-state index is -1.04. The highest BCUT2D eigenvalue weighted by Gasteiger charge is 2.17. The van der Waals surface area contributed by atoms with Crippen LogP contribution in [0.3, 0.4) is 0 Å². The molecule has 0 aliphatic carbocycles. The first-order valence-electron chi connectivity index (χ1n) is 6.89. The summed E-state index contributed by atoms with van der Waals surface area (Å²) in [6.45, 7) is 0.926. The van der Waals surface area contributed by atoms with Crippen molar-refractivity contribution in [2.75, 3.05) is 18.5 Å². The van der Waals surface area contributed by atoms with E-state index in [-0.39, 0.29) is 17.8 Å². The Kier molecular flexibility index (Phi) is 7.71. The number of carbonyl (C=O) groups excluding carboxylic acids is 2. The van der Waals surface area contributed by atoms with Gasteiger partial charge in [0.2, 0.25) is 0 Å². The van der Waals surface area contributed by atoms with E-state index in [1.165, 1.54) is 6.92 Å². The Hall–Kier alpha value is -2.60. The second-order valence-electron chi connectivity index (χ2n) is 4.72. The topological polar surface area (TPSA) is 134 Å². The molecule has 1 aromatic carbocycles. The molecule has 0 aliphatic rings. The third-order valence-corrected chi connectivity index (χ3v) is 3.21. The predicted octanol–water partition coefficient (Wildman–Crippen LogP) is 0.728. The van der Waals surface area contributed by atoms with E-state index in [2.05, 4.69) is 10.6 Å². The number of aliphatic hydroxyl groups is 2. The second-order valence-corrected chi connectivity index (χ2v) is 5.12. The minimum Gasteiger partial charge on any atom is -0.394 e. The van der Waals surface area contributed by atoms with E-state index in [1.54, 1.807) is 30.3 Å². The van der Waals surface area contributed by atoms with E-state index >= 15 is 0 Å². The molecule has 24 heavy (non-hydrogen) atoms. The van der Waals surface area contributed by atoms with Crippen molar-refractivity contribution in [1.29, 1.82) is 5.26 Å². The molecule has 0 saturated carbocycles. The van der Waals surface area contributed by atoms with Crippen molar-refractivity contribution in [3.8, 4) is 6.07 Å². The Balaban J connectivity index is 2.71. The lowest BCUT2D eigenvalue weighted by molar-refractivity contribution is -0.116. The fourth-order valence-electron chi connectivity index (χ4n) is 1.61. The van der Waals surface area contributed by atoms with Gasteiger partial charge < -0.3 is 20.8 Å². The van der Waals surface area contributed by atoms with Gasteiger partial charge in [0.05, 0.1) is 23.4 Å². The summed E-state index contributed by atoms with van der Waals surface area (Å²) in [4.78, 5) is 23.8. The average Bonchev–Trinajstić information content (AvgIpc) is 2.55. The summed E-state index contributed by atoms with van der Waals surface area (Å²) >= 11 is 5.89. The van der Waals surface area contributed by atoms with Gasteiger partial charge >= 0.3 is 6.03 Å². The van der Waals surface area contributed by atoms with Crippen molar-refractivity contribution >= 4 is 29.2 Å². The van der Waals surface area contributed by atoms with E-state index in [1.807, 2.05) is 5.32 Å². The maximum Gasteiger partial charge on any atom is 0.326 e. The van der Waals surface area contributed by atoms with Crippen molar-refractivity contribution in [2.24, 2.45) is 0 Å². The number of nitriles is 1. The zero-order valence-corrected chi connectivity index (χ0v) is 13.6. The van der Waals surface area contributed by atoms with E-state index < -0.39 is 24.6 Å². The number of imide groups is 1. The largest absolute Gasteiger partial charge is 0.394 e. The van der Waals surface area contributed by atoms with Gasteiger partial charge in [-0.1, -0.05) is 23.7 Å². The van der Waals surface area contributed by atoms with Gasteiger partial charge in [0, 0.05) is 12.2 Å². The van der Waals surface area contributed by atoms with E-state index in [0.29, 0.717) is 10.7 Å². The number of halogens is 1. The molecular weight excluding hydrogens is 336 g/mol. The van der Waals surface area contributed by atoms with Crippen molar-refractivity contribution < 1.29 is 19.8 Å². The number of nitrogens with one attached hydrogen (secondary N) is 3.